The van der Waals surface area contributed by atoms with Crippen LogP contribution in [0.25, 0.3) is 35.1 Å². The molecule has 0 amide bonds. The summed E-state index contributed by atoms with van der Waals surface area (Å²) < 4.78 is 21.3. The van der Waals surface area contributed by atoms with Crippen LogP contribution in [0.3, 0.4) is 0 Å². The van der Waals surface area contributed by atoms with Crippen LogP contribution in [0.15, 0.2) is 30.3 Å². The number of methoxy groups -OCH3 is 4. The van der Waals surface area contributed by atoms with E-state index in [1.54, 1.807) is 27.4 Å². The second-order valence-electron chi connectivity index (χ2n) is 11.4. The number of carboxylic acids is 1. The van der Waals surface area contributed by atoms with Crippen LogP contribution in [0.5, 0.6) is 0 Å². The van der Waals surface area contributed by atoms with Gasteiger partial charge < -0.3 is 44.0 Å². The van der Waals surface area contributed by atoms with Crippen LogP contribution in [-0.2, 0) is 38.2 Å². The van der Waals surface area contributed by atoms with Gasteiger partial charge in [0.05, 0.1) is 59.5 Å². The molecule has 0 unspecified atom stereocenters. The van der Waals surface area contributed by atoms with Gasteiger partial charge in [0, 0.05) is 53.5 Å². The molecule has 0 spiro atoms. The first-order chi connectivity index (χ1) is 22.9. The number of aromatic carboxylic acids is 1. The lowest BCUT2D eigenvalue weighted by atomic mass is 10.0. The molecular weight excluding hydrogens is 600 g/mol. The van der Waals surface area contributed by atoms with E-state index in [-0.39, 0.29) is 11.1 Å². The maximum atomic E-state index is 13.2. The van der Waals surface area contributed by atoms with Crippen molar-refractivity contribution in [2.75, 3.05) is 48.3 Å². The normalized spacial score (nSPS) is 12.3. The third kappa shape index (κ3) is 6.20. The first kappa shape index (κ1) is 31.9. The Hall–Kier alpha value is -5.10. The van der Waals surface area contributed by atoms with E-state index in [0.29, 0.717) is 59.5 Å². The van der Waals surface area contributed by atoms with Crippen LogP contribution in [0.1, 0.15) is 37.4 Å². The molecule has 0 aliphatic carbocycles. The zero-order chi connectivity index (χ0) is 33.1. The minimum Gasteiger partial charge on any atom is -0.478 e. The van der Waals surface area contributed by atoms with Gasteiger partial charge in [0.2, 0.25) is 0 Å². The summed E-state index contributed by atoms with van der Waals surface area (Å²) in [7, 11) is 6.28. The molecule has 47 heavy (non-hydrogen) atoms. The summed E-state index contributed by atoms with van der Waals surface area (Å²) in [6, 6.07) is 9.46. The topological polar surface area (TPSA) is 154 Å². The number of carbonyl (C=O) groups is 2. The molecule has 0 radical (unpaired) electrons. The van der Waals surface area contributed by atoms with E-state index in [1.807, 2.05) is 30.4 Å². The smallest absolute Gasteiger partial charge is 0.339 e. The van der Waals surface area contributed by atoms with E-state index in [0.717, 1.165) is 49.9 Å². The second-order valence-corrected chi connectivity index (χ2v) is 11.4. The number of H-pyrrole nitrogens is 4. The first-order valence-electron chi connectivity index (χ1n) is 15.4. The molecule has 6 rings (SSSR count). The van der Waals surface area contributed by atoms with Gasteiger partial charge in [0.1, 0.15) is 0 Å². The Labute approximate surface area is 268 Å². The van der Waals surface area contributed by atoms with Crippen molar-refractivity contribution < 1.29 is 33.6 Å². The number of hydrogen-bond donors (Lipinski definition) is 5. The molecule has 11 heteroatoms. The number of aromatic nitrogens is 4. The molecule has 0 atom stereocenters. The van der Waals surface area contributed by atoms with Crippen molar-refractivity contribution in [2.45, 2.75) is 19.3 Å². The number of hydrogen-bond acceptors (Lipinski definition) is 6. The summed E-state index contributed by atoms with van der Waals surface area (Å²) in [5.74, 6) is -1.95. The lowest BCUT2D eigenvalue weighted by Gasteiger charge is -2.06. The standard InChI is InChI=1S/C36H38N4O7/c1-44-14-11-20-17-29-30-18-21(12-15-45-2)26(38-30)9-10-28-23-5-6-24(35(41)42)33(36(43)47-4)32(23)34(40-28)31-19-22(13-16-46-3)27(39-31)8-7-25(20)37-29/h5-10,17-19,37-40H,11-16H2,1-4H3,(H,41,42). The van der Waals surface area contributed by atoms with Gasteiger partial charge >= 0.3 is 11.9 Å². The van der Waals surface area contributed by atoms with Crippen LogP contribution < -0.4 is 21.4 Å². The zero-order valence-electron chi connectivity index (χ0n) is 26.8. The van der Waals surface area contributed by atoms with Gasteiger partial charge in [0.15, 0.2) is 0 Å². The highest BCUT2D eigenvalue weighted by Crippen LogP contribution is 2.23. The van der Waals surface area contributed by atoms with Crippen molar-refractivity contribution in [2.24, 2.45) is 0 Å². The van der Waals surface area contributed by atoms with Crippen LogP contribution in [0, 0.1) is 21.4 Å². The summed E-state index contributed by atoms with van der Waals surface area (Å²) in [5, 5.41) is 17.8. The van der Waals surface area contributed by atoms with Crippen LogP contribution >= 0.6 is 0 Å². The summed E-state index contributed by atoms with van der Waals surface area (Å²) in [4.78, 5) is 39.8. The molecular formula is C36H38N4O7. The molecule has 1 aromatic carbocycles. The van der Waals surface area contributed by atoms with Crippen LogP contribution in [0.2, 0.25) is 0 Å². The third-order valence-electron chi connectivity index (χ3n) is 8.55. The van der Waals surface area contributed by atoms with E-state index in [9.17, 15) is 14.7 Å². The average molecular weight is 639 g/mol. The zero-order valence-corrected chi connectivity index (χ0v) is 26.8. The number of aromatic amines is 4. The van der Waals surface area contributed by atoms with Gasteiger partial charge in [-0.05, 0) is 84.5 Å². The van der Waals surface area contributed by atoms with Crippen molar-refractivity contribution in [1.82, 2.24) is 19.9 Å². The summed E-state index contributed by atoms with van der Waals surface area (Å²) in [6.07, 6.45) is 10.0. The number of ether oxygens (including phenoxy) is 4. The maximum absolute atomic E-state index is 13.2. The third-order valence-corrected chi connectivity index (χ3v) is 8.55. The SMILES string of the molecule is COCCc1cc2[nH]c1=CC=c1[nH]c(cc1CCOC)=c1[nH]c(c3ccc(C(=O)O)c(C(=O)OC)c13)=CC=c1[nH]c=2cc1CCOC. The van der Waals surface area contributed by atoms with E-state index in [2.05, 4.69) is 32.1 Å². The number of fused-ring (bicyclic) bond motifs is 11. The molecule has 5 aromatic rings. The van der Waals surface area contributed by atoms with Gasteiger partial charge in [-0.3, -0.25) is 0 Å². The quantitative estimate of drug-likeness (QED) is 0.138. The molecule has 4 aromatic heterocycles. The van der Waals surface area contributed by atoms with Gasteiger partial charge in [-0.1, -0.05) is 6.07 Å². The maximum Gasteiger partial charge on any atom is 0.339 e. The molecule has 0 fully saturated rings. The van der Waals surface area contributed by atoms with Gasteiger partial charge in [0.25, 0.3) is 0 Å². The minimum absolute atomic E-state index is 0.0178. The van der Waals surface area contributed by atoms with E-state index in [1.165, 1.54) is 13.2 Å². The lowest BCUT2D eigenvalue weighted by Crippen LogP contribution is -2.13. The Morgan fingerprint density at radius 2 is 1.11 bits per heavy atom. The van der Waals surface area contributed by atoms with Crippen LogP contribution in [0.4, 0.5) is 0 Å². The molecule has 8 bridgehead atoms. The molecule has 0 saturated carbocycles. The average Bonchev–Trinajstić information content (AvgIpc) is 3.86. The lowest BCUT2D eigenvalue weighted by molar-refractivity contribution is 0.0585. The Kier molecular flexibility index (Phi) is 9.30. The Bertz CT molecular complexity index is 2430. The number of esters is 1. The summed E-state index contributed by atoms with van der Waals surface area (Å²) in [6.45, 7) is 1.62. The van der Waals surface area contributed by atoms with E-state index in [4.69, 9.17) is 18.9 Å². The minimum atomic E-state index is -1.22. The summed E-state index contributed by atoms with van der Waals surface area (Å²) >= 11 is 0. The Balaban J connectivity index is 1.83. The molecule has 1 aliphatic rings. The van der Waals surface area contributed by atoms with E-state index < -0.39 is 11.9 Å². The highest BCUT2D eigenvalue weighted by molar-refractivity contribution is 6.12. The van der Waals surface area contributed by atoms with Gasteiger partial charge in [-0.2, -0.15) is 0 Å². The highest BCUT2D eigenvalue weighted by atomic mass is 16.5. The van der Waals surface area contributed by atoms with Crippen molar-refractivity contribution in [3.63, 3.8) is 0 Å². The largest absolute Gasteiger partial charge is 0.478 e. The Morgan fingerprint density at radius 1 is 0.638 bits per heavy atom. The van der Waals surface area contributed by atoms with Crippen LogP contribution in [-0.4, -0.2) is 85.2 Å². The Morgan fingerprint density at radius 3 is 1.57 bits per heavy atom. The molecule has 5 heterocycles. The predicted octanol–water partition coefficient (Wildman–Crippen LogP) is 1.61. The van der Waals surface area contributed by atoms with Gasteiger partial charge in [-0.25, -0.2) is 9.59 Å². The fraction of sp³-hybridized carbons (Fsp3) is 0.278. The van der Waals surface area contributed by atoms with Gasteiger partial charge in [-0.15, -0.1) is 0 Å². The molecule has 5 N–H and O–H groups in total. The number of rotatable bonds is 11. The number of carboxylic acid groups (broad SMARTS) is 1. The molecule has 0 saturated heterocycles. The second kappa shape index (κ2) is 13.7. The fourth-order valence-electron chi connectivity index (χ4n) is 6.18. The van der Waals surface area contributed by atoms with E-state index >= 15 is 0 Å². The fourth-order valence-corrected chi connectivity index (χ4v) is 6.18. The van der Waals surface area contributed by atoms with Crippen molar-refractivity contribution in [1.29, 1.82) is 0 Å². The number of nitrogens with one attached hydrogen (secondary N) is 4. The highest BCUT2D eigenvalue weighted by Gasteiger charge is 2.23. The number of benzene rings is 1. The first-order valence-corrected chi connectivity index (χ1v) is 15.4. The molecule has 1 aliphatic heterocycles. The molecule has 11 nitrogen and oxygen atoms in total. The van der Waals surface area contributed by atoms with Crippen molar-refractivity contribution in [3.8, 4) is 0 Å². The monoisotopic (exact) mass is 638 g/mol. The summed E-state index contributed by atoms with van der Waals surface area (Å²) in [5.41, 5.74) is 3.03. The molecule has 244 valence electrons. The number of carbonyl (C=O) groups excluding carboxylic acids is 1. The van der Waals surface area contributed by atoms with Crippen molar-refractivity contribution in [3.05, 3.63) is 101 Å². The predicted molar refractivity (Wildman–Crippen MR) is 177 cm³/mol. The van der Waals surface area contributed by atoms with Crippen molar-refractivity contribution >= 4 is 47.0 Å².